The summed E-state index contributed by atoms with van der Waals surface area (Å²) in [6.07, 6.45) is 0.705. The zero-order chi connectivity index (χ0) is 18.1. The van der Waals surface area contributed by atoms with Crippen LogP contribution in [0, 0.1) is 0 Å². The molecule has 0 aliphatic rings. The van der Waals surface area contributed by atoms with E-state index in [9.17, 15) is 9.59 Å². The zero-order valence-corrected chi connectivity index (χ0v) is 13.9. The molecule has 2 atom stereocenters. The number of carboxylic acid groups (broad SMARTS) is 1. The Bertz CT molecular complexity index is 380. The van der Waals surface area contributed by atoms with Gasteiger partial charge in [-0.3, -0.25) is 4.79 Å². The van der Waals surface area contributed by atoms with E-state index in [1.165, 1.54) is 6.38 Å². The summed E-state index contributed by atoms with van der Waals surface area (Å²) in [6.45, 7) is 0.328. The predicted octanol–water partition coefficient (Wildman–Crippen LogP) is 1.14. The van der Waals surface area contributed by atoms with Crippen molar-refractivity contribution in [3.8, 4) is 0 Å². The highest BCUT2D eigenvalue weighted by molar-refractivity contribution is 6.15. The fraction of sp³-hybridized carbons (Fsp3) is 0.467. The molecule has 0 spiro atoms. The Morgan fingerprint density at radius 1 is 1.09 bits per heavy atom. The van der Waals surface area contributed by atoms with Gasteiger partial charge < -0.3 is 27.0 Å². The van der Waals surface area contributed by atoms with Crippen LogP contribution >= 0.6 is 11.6 Å². The van der Waals surface area contributed by atoms with Crippen LogP contribution < -0.4 is 16.8 Å². The lowest BCUT2D eigenvalue weighted by Gasteiger charge is -2.15. The third kappa shape index (κ3) is 16.4. The van der Waals surface area contributed by atoms with E-state index < -0.39 is 24.1 Å². The summed E-state index contributed by atoms with van der Waals surface area (Å²) in [4.78, 5) is 20.6. The van der Waals surface area contributed by atoms with E-state index in [1.807, 2.05) is 36.4 Å². The minimum absolute atomic E-state index is 0.328. The van der Waals surface area contributed by atoms with E-state index in [0.29, 0.717) is 25.8 Å². The van der Waals surface area contributed by atoms with Crippen LogP contribution in [0.3, 0.4) is 0 Å². The van der Waals surface area contributed by atoms with E-state index in [2.05, 4.69) is 16.9 Å². The molecule has 0 heterocycles. The van der Waals surface area contributed by atoms with Gasteiger partial charge in [0.05, 0.1) is 0 Å². The number of unbranched alkanes of at least 4 members (excludes halogenated alkanes) is 1. The number of amides is 2. The monoisotopic (exact) mass is 347 g/mol. The van der Waals surface area contributed by atoms with Crippen molar-refractivity contribution in [1.82, 2.24) is 5.32 Å². The highest BCUT2D eigenvalue weighted by Crippen LogP contribution is 2.02. The van der Waals surface area contributed by atoms with Gasteiger partial charge in [-0.25, -0.2) is 4.79 Å². The molecule has 132 valence electrons. The molecular weight excluding hydrogens is 322 g/mol. The van der Waals surface area contributed by atoms with Crippen LogP contribution in [-0.2, 0) is 4.79 Å². The van der Waals surface area contributed by atoms with Gasteiger partial charge in [0.2, 0.25) is 5.91 Å². The van der Waals surface area contributed by atoms with Gasteiger partial charge in [-0.2, -0.15) is 0 Å². The van der Waals surface area contributed by atoms with Gasteiger partial charge in [-0.15, -0.1) is 11.6 Å². The molecule has 0 bridgehead atoms. The van der Waals surface area contributed by atoms with Crippen molar-refractivity contribution in [2.75, 3.05) is 12.9 Å². The number of nitrogens with two attached hydrogens (primary N) is 2. The van der Waals surface area contributed by atoms with Crippen LogP contribution in [0.1, 0.15) is 19.3 Å². The van der Waals surface area contributed by atoms with Gasteiger partial charge in [0.1, 0.15) is 6.10 Å². The van der Waals surface area contributed by atoms with Crippen molar-refractivity contribution in [2.45, 2.75) is 31.4 Å². The van der Waals surface area contributed by atoms with Crippen molar-refractivity contribution >= 4 is 23.6 Å². The normalized spacial score (nSPS) is 11.7. The first-order chi connectivity index (χ1) is 10.9. The summed E-state index contributed by atoms with van der Waals surface area (Å²) in [5.41, 5.74) is 10.3. The van der Waals surface area contributed by atoms with E-state index in [1.54, 1.807) is 0 Å². The Morgan fingerprint density at radius 2 is 1.52 bits per heavy atom. The fourth-order valence-electron chi connectivity index (χ4n) is 1.45. The Kier molecular flexibility index (Phi) is 16.9. The van der Waals surface area contributed by atoms with Crippen molar-refractivity contribution in [3.63, 3.8) is 0 Å². The summed E-state index contributed by atoms with van der Waals surface area (Å²) in [5, 5.41) is 19.6. The molecule has 2 amide bonds. The molecule has 0 aromatic heterocycles. The molecule has 0 saturated carbocycles. The second kappa shape index (κ2) is 16.5. The van der Waals surface area contributed by atoms with Gasteiger partial charge in [0.15, 0.2) is 0 Å². The highest BCUT2D eigenvalue weighted by atomic mass is 35.5. The molecule has 1 aromatic carbocycles. The number of benzene rings is 1. The molecule has 0 aliphatic carbocycles. The second-order valence-corrected chi connectivity index (χ2v) is 4.39. The number of aliphatic hydroxyl groups excluding tert-OH is 1. The maximum Gasteiger partial charge on any atom is 0.404 e. The molecule has 7 nitrogen and oxygen atoms in total. The van der Waals surface area contributed by atoms with Gasteiger partial charge in [-0.1, -0.05) is 42.8 Å². The van der Waals surface area contributed by atoms with Crippen molar-refractivity contribution in [2.24, 2.45) is 11.5 Å². The van der Waals surface area contributed by atoms with Crippen molar-refractivity contribution in [1.29, 1.82) is 0 Å². The van der Waals surface area contributed by atoms with E-state index in [4.69, 9.17) is 21.7 Å². The molecule has 1 rings (SSSR count). The van der Waals surface area contributed by atoms with Crippen molar-refractivity contribution < 1.29 is 19.8 Å². The van der Waals surface area contributed by atoms with Crippen LogP contribution in [-0.4, -0.2) is 47.3 Å². The third-order valence-corrected chi connectivity index (χ3v) is 2.60. The summed E-state index contributed by atoms with van der Waals surface area (Å²) in [7, 11) is 0. The molecule has 0 aliphatic heterocycles. The molecule has 1 aromatic rings. The van der Waals surface area contributed by atoms with Gasteiger partial charge in [-0.05, 0) is 12.8 Å². The van der Waals surface area contributed by atoms with E-state index in [0.717, 1.165) is 0 Å². The third-order valence-electron chi connectivity index (χ3n) is 2.60. The maximum atomic E-state index is 10.5. The first-order valence-corrected chi connectivity index (χ1v) is 7.78. The first kappa shape index (κ1) is 23.4. The number of nitrogens with one attached hydrogen (secondary N) is 1. The maximum absolute atomic E-state index is 10.5. The lowest BCUT2D eigenvalue weighted by atomic mass is 10.0. The number of hydrogen-bond acceptors (Lipinski definition) is 4. The minimum atomic E-state index is -1.34. The largest absolute Gasteiger partial charge is 0.465 e. The topological polar surface area (TPSA) is 139 Å². The molecule has 0 saturated heterocycles. The van der Waals surface area contributed by atoms with Crippen molar-refractivity contribution in [3.05, 3.63) is 36.4 Å². The minimum Gasteiger partial charge on any atom is -0.465 e. The van der Waals surface area contributed by atoms with Crippen LogP contribution in [0.15, 0.2) is 36.4 Å². The molecule has 8 heteroatoms. The van der Waals surface area contributed by atoms with Gasteiger partial charge in [0, 0.05) is 19.0 Å². The quantitative estimate of drug-likeness (QED) is 0.372. The number of rotatable bonds is 7. The molecular formula is C15H26ClN3O4. The van der Waals surface area contributed by atoms with Crippen LogP contribution in [0.5, 0.6) is 0 Å². The highest BCUT2D eigenvalue weighted by Gasteiger charge is 2.19. The number of halogens is 1. The Labute approximate surface area is 141 Å². The van der Waals surface area contributed by atoms with Gasteiger partial charge in [0.25, 0.3) is 0 Å². The van der Waals surface area contributed by atoms with Gasteiger partial charge >= 0.3 is 6.09 Å². The van der Waals surface area contributed by atoms with E-state index >= 15 is 0 Å². The Balaban J connectivity index is 0. The SMILES string of the molecule is CCl.NC(=O)C(O)C(N)CCCCNC(=O)O.c1ccccc1. The number of carbonyl (C=O) groups is 2. The lowest BCUT2D eigenvalue weighted by Crippen LogP contribution is -2.44. The second-order valence-electron chi connectivity index (χ2n) is 4.39. The van der Waals surface area contributed by atoms with Crippen LogP contribution in [0.4, 0.5) is 4.79 Å². The van der Waals surface area contributed by atoms with E-state index in [-0.39, 0.29) is 0 Å². The number of carbonyl (C=O) groups excluding carboxylic acids is 1. The summed E-state index contributed by atoms with van der Waals surface area (Å²) < 4.78 is 0. The number of primary amides is 1. The average Bonchev–Trinajstić information content (AvgIpc) is 2.57. The molecule has 7 N–H and O–H groups in total. The predicted molar refractivity (Wildman–Crippen MR) is 91.3 cm³/mol. The smallest absolute Gasteiger partial charge is 0.404 e. The molecule has 2 unspecified atom stereocenters. The summed E-state index contributed by atoms with van der Waals surface area (Å²) in [6, 6.07) is 11.3. The molecule has 0 radical (unpaired) electrons. The summed E-state index contributed by atoms with van der Waals surface area (Å²) in [5.74, 6) is -0.842. The molecule has 0 fully saturated rings. The number of hydrogen-bond donors (Lipinski definition) is 5. The zero-order valence-electron chi connectivity index (χ0n) is 13.2. The fourth-order valence-corrected chi connectivity index (χ4v) is 1.45. The Morgan fingerprint density at radius 3 is 1.87 bits per heavy atom. The Hall–Kier alpha value is -1.83. The van der Waals surface area contributed by atoms with Crippen LogP contribution in [0.25, 0.3) is 0 Å². The van der Waals surface area contributed by atoms with Crippen LogP contribution in [0.2, 0.25) is 0 Å². The summed E-state index contributed by atoms with van der Waals surface area (Å²) >= 11 is 4.64. The number of aliphatic hydroxyl groups is 1. The molecule has 23 heavy (non-hydrogen) atoms. The lowest BCUT2D eigenvalue weighted by molar-refractivity contribution is -0.127. The first-order valence-electron chi connectivity index (χ1n) is 7.02. The standard InChI is InChI=1S/C8H17N3O4.C6H6.CH3Cl/c9-5(6(12)7(10)13)3-1-2-4-11-8(14)15;1-2-4-6-5-3-1;1-2/h5-6,11-12H,1-4,9H2,(H2,10,13)(H,14,15);1-6H;1H3. The average molecular weight is 348 g/mol. The number of alkyl halides is 1.